The van der Waals surface area contributed by atoms with E-state index in [4.69, 9.17) is 4.74 Å². The maximum absolute atomic E-state index is 12.4. The molecule has 5 heteroatoms. The Hall–Kier alpha value is -1.07. The zero-order chi connectivity index (χ0) is 13.9. The van der Waals surface area contributed by atoms with Crippen LogP contribution in [0.1, 0.15) is 30.4 Å². The Morgan fingerprint density at radius 3 is 2.42 bits per heavy atom. The molecular formula is C14H17F3O2. The number of halogens is 3. The molecule has 0 aromatic heterocycles. The minimum absolute atomic E-state index is 0.370. The van der Waals surface area contributed by atoms with Gasteiger partial charge in [0.25, 0.3) is 0 Å². The van der Waals surface area contributed by atoms with Crippen LogP contribution in [-0.2, 0) is 17.3 Å². The normalized spacial score (nSPS) is 25.1. The summed E-state index contributed by atoms with van der Waals surface area (Å²) in [6.45, 7) is 1.13. The van der Waals surface area contributed by atoms with E-state index in [-0.39, 0.29) is 0 Å². The van der Waals surface area contributed by atoms with Crippen LogP contribution >= 0.6 is 0 Å². The molecule has 1 aliphatic heterocycles. The summed E-state index contributed by atoms with van der Waals surface area (Å²) in [7, 11) is 0. The van der Waals surface area contributed by atoms with Gasteiger partial charge in [-0.1, -0.05) is 12.1 Å². The standard InChI is InChI=1S/C14H17F3O2/c15-14(16,17)12-4-2-11(3-5-12)10-13(18)6-1-8-19-9-7-13/h2-5,18H,1,6-10H2. The third-order valence-corrected chi connectivity index (χ3v) is 3.46. The van der Waals surface area contributed by atoms with Crippen molar-refractivity contribution in [2.75, 3.05) is 13.2 Å². The van der Waals surface area contributed by atoms with Gasteiger partial charge in [0, 0.05) is 19.6 Å². The van der Waals surface area contributed by atoms with E-state index in [2.05, 4.69) is 0 Å². The second-order valence-electron chi connectivity index (χ2n) is 5.06. The van der Waals surface area contributed by atoms with Crippen molar-refractivity contribution in [1.29, 1.82) is 0 Å². The van der Waals surface area contributed by atoms with E-state index in [1.54, 1.807) is 0 Å². The van der Waals surface area contributed by atoms with E-state index in [1.807, 2.05) is 0 Å². The first-order chi connectivity index (χ1) is 8.89. The largest absolute Gasteiger partial charge is 0.416 e. The van der Waals surface area contributed by atoms with Crippen molar-refractivity contribution >= 4 is 0 Å². The van der Waals surface area contributed by atoms with E-state index in [1.165, 1.54) is 12.1 Å². The maximum Gasteiger partial charge on any atom is 0.416 e. The average molecular weight is 274 g/mol. The van der Waals surface area contributed by atoms with Crippen LogP contribution < -0.4 is 0 Å². The smallest absolute Gasteiger partial charge is 0.389 e. The Morgan fingerprint density at radius 1 is 1.11 bits per heavy atom. The summed E-state index contributed by atoms with van der Waals surface area (Å²) in [5.41, 5.74) is -0.805. The van der Waals surface area contributed by atoms with Crippen molar-refractivity contribution in [2.24, 2.45) is 0 Å². The molecular weight excluding hydrogens is 257 g/mol. The second kappa shape index (κ2) is 5.51. The lowest BCUT2D eigenvalue weighted by molar-refractivity contribution is -0.137. The molecule has 1 aliphatic rings. The van der Waals surface area contributed by atoms with E-state index in [9.17, 15) is 18.3 Å². The number of aliphatic hydroxyl groups is 1. The number of hydrogen-bond donors (Lipinski definition) is 1. The van der Waals surface area contributed by atoms with Gasteiger partial charge in [-0.05, 0) is 37.0 Å². The molecule has 2 rings (SSSR count). The molecule has 0 amide bonds. The van der Waals surface area contributed by atoms with Crippen LogP contribution in [0.25, 0.3) is 0 Å². The maximum atomic E-state index is 12.4. The van der Waals surface area contributed by atoms with E-state index < -0.39 is 17.3 Å². The Bertz CT molecular complexity index is 404. The van der Waals surface area contributed by atoms with Gasteiger partial charge in [-0.3, -0.25) is 0 Å². The van der Waals surface area contributed by atoms with Crippen LogP contribution in [0.4, 0.5) is 13.2 Å². The third-order valence-electron chi connectivity index (χ3n) is 3.46. The van der Waals surface area contributed by atoms with Gasteiger partial charge < -0.3 is 9.84 Å². The Morgan fingerprint density at radius 2 is 1.79 bits per heavy atom. The molecule has 1 N–H and O–H groups in total. The predicted octanol–water partition coefficient (Wildman–Crippen LogP) is 3.18. The molecule has 1 aromatic carbocycles. The summed E-state index contributed by atoms with van der Waals surface area (Å²) in [5.74, 6) is 0. The number of benzene rings is 1. The molecule has 1 fully saturated rings. The first-order valence-electron chi connectivity index (χ1n) is 6.35. The third kappa shape index (κ3) is 3.94. The van der Waals surface area contributed by atoms with Gasteiger partial charge in [0.15, 0.2) is 0 Å². The van der Waals surface area contributed by atoms with Gasteiger partial charge in [-0.25, -0.2) is 0 Å². The predicted molar refractivity (Wildman–Crippen MR) is 64.8 cm³/mol. The van der Waals surface area contributed by atoms with E-state index in [0.717, 1.165) is 24.1 Å². The van der Waals surface area contributed by atoms with Crippen LogP contribution in [0.5, 0.6) is 0 Å². The molecule has 1 atom stereocenters. The average Bonchev–Trinajstić information content (AvgIpc) is 2.53. The molecule has 1 aromatic rings. The molecule has 0 aliphatic carbocycles. The number of rotatable bonds is 2. The van der Waals surface area contributed by atoms with Gasteiger partial charge in [0.05, 0.1) is 11.2 Å². The van der Waals surface area contributed by atoms with Crippen molar-refractivity contribution in [3.63, 3.8) is 0 Å². The lowest BCUT2D eigenvalue weighted by atomic mass is 9.87. The van der Waals surface area contributed by atoms with Gasteiger partial charge in [0.2, 0.25) is 0 Å². The van der Waals surface area contributed by atoms with Gasteiger partial charge in [-0.2, -0.15) is 13.2 Å². The van der Waals surface area contributed by atoms with Gasteiger partial charge >= 0.3 is 6.18 Å². The van der Waals surface area contributed by atoms with Crippen LogP contribution in [0, 0.1) is 0 Å². The molecule has 1 saturated heterocycles. The number of alkyl halides is 3. The highest BCUT2D eigenvalue weighted by atomic mass is 19.4. The highest BCUT2D eigenvalue weighted by Crippen LogP contribution is 2.30. The summed E-state index contributed by atoms with van der Waals surface area (Å²) in [4.78, 5) is 0. The van der Waals surface area contributed by atoms with Gasteiger partial charge in [-0.15, -0.1) is 0 Å². The van der Waals surface area contributed by atoms with Crippen molar-refractivity contribution in [1.82, 2.24) is 0 Å². The number of ether oxygens (including phenoxy) is 1. The fourth-order valence-electron chi connectivity index (χ4n) is 2.36. The fraction of sp³-hybridized carbons (Fsp3) is 0.571. The van der Waals surface area contributed by atoms with Crippen molar-refractivity contribution < 1.29 is 23.0 Å². The Kier molecular flexibility index (Phi) is 4.16. The summed E-state index contributed by atoms with van der Waals surface area (Å²) < 4.78 is 42.6. The molecule has 0 radical (unpaired) electrons. The summed E-state index contributed by atoms with van der Waals surface area (Å²) in [6, 6.07) is 5.00. The van der Waals surface area contributed by atoms with Gasteiger partial charge in [0.1, 0.15) is 0 Å². The molecule has 0 bridgehead atoms. The molecule has 1 unspecified atom stereocenters. The van der Waals surface area contributed by atoms with E-state index in [0.29, 0.717) is 32.5 Å². The highest BCUT2D eigenvalue weighted by molar-refractivity contribution is 5.25. The minimum atomic E-state index is -4.31. The SMILES string of the molecule is OC1(Cc2ccc(C(F)(F)F)cc2)CCCOCC1. The Labute approximate surface area is 110 Å². The minimum Gasteiger partial charge on any atom is -0.389 e. The zero-order valence-corrected chi connectivity index (χ0v) is 10.5. The fourth-order valence-corrected chi connectivity index (χ4v) is 2.36. The van der Waals surface area contributed by atoms with Crippen LogP contribution in [-0.4, -0.2) is 23.9 Å². The quantitative estimate of drug-likeness (QED) is 0.897. The summed E-state index contributed by atoms with van der Waals surface area (Å²) in [5, 5.41) is 10.4. The zero-order valence-electron chi connectivity index (χ0n) is 10.5. The monoisotopic (exact) mass is 274 g/mol. The van der Waals surface area contributed by atoms with Crippen molar-refractivity contribution in [3.8, 4) is 0 Å². The van der Waals surface area contributed by atoms with Crippen LogP contribution in [0.15, 0.2) is 24.3 Å². The van der Waals surface area contributed by atoms with Crippen LogP contribution in [0.2, 0.25) is 0 Å². The lowest BCUT2D eigenvalue weighted by Gasteiger charge is -2.26. The summed E-state index contributed by atoms with van der Waals surface area (Å²) >= 11 is 0. The van der Waals surface area contributed by atoms with Crippen LogP contribution in [0.3, 0.4) is 0 Å². The second-order valence-corrected chi connectivity index (χ2v) is 5.06. The first-order valence-corrected chi connectivity index (χ1v) is 6.35. The lowest BCUT2D eigenvalue weighted by Crippen LogP contribution is -2.31. The molecule has 0 saturated carbocycles. The molecule has 2 nitrogen and oxygen atoms in total. The molecule has 106 valence electrons. The van der Waals surface area contributed by atoms with Crippen molar-refractivity contribution in [2.45, 2.75) is 37.5 Å². The first kappa shape index (κ1) is 14.3. The van der Waals surface area contributed by atoms with E-state index >= 15 is 0 Å². The topological polar surface area (TPSA) is 29.5 Å². The molecule has 19 heavy (non-hydrogen) atoms. The highest BCUT2D eigenvalue weighted by Gasteiger charge is 2.31. The number of hydrogen-bond acceptors (Lipinski definition) is 2. The Balaban J connectivity index is 2.06. The molecule has 0 spiro atoms. The summed E-state index contributed by atoms with van der Waals surface area (Å²) in [6.07, 6.45) is -2.03. The molecule has 1 heterocycles. The van der Waals surface area contributed by atoms with Crippen molar-refractivity contribution in [3.05, 3.63) is 35.4 Å².